The van der Waals surface area contributed by atoms with Crippen molar-refractivity contribution in [3.05, 3.63) is 29.6 Å². The minimum absolute atomic E-state index is 0.192. The largest absolute Gasteiger partial charge is 0.245 e. The topological polar surface area (TPSA) is 37.4 Å². The molecule has 1 aromatic rings. The smallest absolute Gasteiger partial charge is 0.207 e. The molecule has 3 nitrogen and oxygen atoms in total. The van der Waals surface area contributed by atoms with Crippen molar-refractivity contribution in [2.24, 2.45) is 0 Å². The second-order valence-electron chi connectivity index (χ2n) is 3.85. The predicted octanol–water partition coefficient (Wildman–Crippen LogP) is 2.52. The molecule has 1 rings (SSSR count). The van der Waals surface area contributed by atoms with Crippen LogP contribution in [0.4, 0.5) is 13.2 Å². The summed E-state index contributed by atoms with van der Waals surface area (Å²) in [5.74, 6) is -4.87. The zero-order valence-electron chi connectivity index (χ0n) is 10.1. The second kappa shape index (κ2) is 5.71. The highest BCUT2D eigenvalue weighted by Crippen LogP contribution is 2.22. The molecule has 0 aliphatic carbocycles. The van der Waals surface area contributed by atoms with Gasteiger partial charge in [-0.05, 0) is 18.6 Å². The average molecular weight is 281 g/mol. The fourth-order valence-electron chi connectivity index (χ4n) is 1.38. The van der Waals surface area contributed by atoms with Crippen molar-refractivity contribution < 1.29 is 21.6 Å². The van der Waals surface area contributed by atoms with E-state index in [-0.39, 0.29) is 6.54 Å². The van der Waals surface area contributed by atoms with Gasteiger partial charge in [0.2, 0.25) is 10.0 Å². The van der Waals surface area contributed by atoms with Gasteiger partial charge in [-0.1, -0.05) is 13.3 Å². The minimum atomic E-state index is -4.13. The molecular weight excluding hydrogens is 267 g/mol. The third kappa shape index (κ3) is 2.84. The molecule has 0 N–H and O–H groups in total. The Balaban J connectivity index is 3.17. The number of hydrogen-bond acceptors (Lipinski definition) is 2. The third-order valence-electron chi connectivity index (χ3n) is 2.51. The van der Waals surface area contributed by atoms with Crippen LogP contribution < -0.4 is 0 Å². The van der Waals surface area contributed by atoms with E-state index in [9.17, 15) is 21.6 Å². The third-order valence-corrected chi connectivity index (χ3v) is 4.39. The number of halogens is 3. The highest BCUT2D eigenvalue weighted by atomic mass is 32.2. The zero-order valence-corrected chi connectivity index (χ0v) is 10.9. The Bertz CT molecular complexity index is 531. The van der Waals surface area contributed by atoms with Crippen LogP contribution in [-0.2, 0) is 10.0 Å². The van der Waals surface area contributed by atoms with Gasteiger partial charge in [0.15, 0.2) is 17.5 Å². The van der Waals surface area contributed by atoms with Gasteiger partial charge in [-0.15, -0.1) is 0 Å². The van der Waals surface area contributed by atoms with E-state index in [2.05, 4.69) is 0 Å². The van der Waals surface area contributed by atoms with Crippen LogP contribution in [0, 0.1) is 17.5 Å². The number of hydrogen-bond donors (Lipinski definition) is 0. The lowest BCUT2D eigenvalue weighted by Crippen LogP contribution is -2.29. The van der Waals surface area contributed by atoms with Crippen LogP contribution in [0.25, 0.3) is 0 Å². The van der Waals surface area contributed by atoms with Crippen molar-refractivity contribution in [1.29, 1.82) is 0 Å². The Labute approximate surface area is 104 Å². The van der Waals surface area contributed by atoms with Crippen molar-refractivity contribution in [3.8, 4) is 0 Å². The lowest BCUT2D eigenvalue weighted by atomic mass is 10.3. The van der Waals surface area contributed by atoms with Gasteiger partial charge >= 0.3 is 0 Å². The van der Waals surface area contributed by atoms with Crippen molar-refractivity contribution in [1.82, 2.24) is 4.31 Å². The Morgan fingerprint density at radius 2 is 1.78 bits per heavy atom. The van der Waals surface area contributed by atoms with Gasteiger partial charge in [0.05, 0.1) is 0 Å². The molecule has 18 heavy (non-hydrogen) atoms. The highest BCUT2D eigenvalue weighted by molar-refractivity contribution is 7.89. The molecule has 0 atom stereocenters. The first-order chi connectivity index (χ1) is 8.32. The molecule has 0 unspecified atom stereocenters. The van der Waals surface area contributed by atoms with E-state index >= 15 is 0 Å². The summed E-state index contributed by atoms with van der Waals surface area (Å²) in [7, 11) is -2.86. The minimum Gasteiger partial charge on any atom is -0.207 e. The molecule has 0 aromatic heterocycles. The van der Waals surface area contributed by atoms with Gasteiger partial charge in [-0.25, -0.2) is 25.9 Å². The summed E-state index contributed by atoms with van der Waals surface area (Å²) in [4.78, 5) is -0.847. The van der Waals surface area contributed by atoms with Crippen LogP contribution in [0.15, 0.2) is 17.0 Å². The summed E-state index contributed by atoms with van der Waals surface area (Å²) < 4.78 is 63.9. The molecule has 0 fully saturated rings. The number of sulfonamides is 1. The lowest BCUT2D eigenvalue weighted by molar-refractivity contribution is 0.420. The molecule has 0 heterocycles. The molecule has 0 amide bonds. The van der Waals surface area contributed by atoms with Crippen LogP contribution in [0.5, 0.6) is 0 Å². The van der Waals surface area contributed by atoms with Gasteiger partial charge < -0.3 is 0 Å². The quantitative estimate of drug-likeness (QED) is 0.778. The molecule has 0 saturated carbocycles. The standard InChI is InChI=1S/C11H14F3NO2S/c1-3-4-7-15(2)18(16,17)9-6-5-8(12)10(13)11(9)14/h5-6H,3-4,7H2,1-2H3. The van der Waals surface area contributed by atoms with E-state index in [0.717, 1.165) is 16.8 Å². The van der Waals surface area contributed by atoms with E-state index in [1.165, 1.54) is 7.05 Å². The van der Waals surface area contributed by atoms with E-state index in [1.807, 2.05) is 6.92 Å². The van der Waals surface area contributed by atoms with E-state index in [1.54, 1.807) is 0 Å². The Morgan fingerprint density at radius 1 is 1.17 bits per heavy atom. The molecule has 7 heteroatoms. The number of unbranched alkanes of at least 4 members (excludes halogenated alkanes) is 1. The summed E-state index contributed by atoms with van der Waals surface area (Å²) in [6.45, 7) is 2.07. The molecule has 0 radical (unpaired) electrons. The van der Waals surface area contributed by atoms with E-state index < -0.39 is 32.4 Å². The SMILES string of the molecule is CCCCN(C)S(=O)(=O)c1ccc(F)c(F)c1F. The molecule has 0 saturated heterocycles. The monoisotopic (exact) mass is 281 g/mol. The summed E-state index contributed by atoms with van der Waals surface area (Å²) in [5.41, 5.74) is 0. The highest BCUT2D eigenvalue weighted by Gasteiger charge is 2.27. The van der Waals surface area contributed by atoms with Crippen LogP contribution in [0.2, 0.25) is 0 Å². The number of rotatable bonds is 5. The van der Waals surface area contributed by atoms with Gasteiger partial charge in [0, 0.05) is 13.6 Å². The zero-order chi connectivity index (χ0) is 13.9. The first kappa shape index (κ1) is 15.0. The second-order valence-corrected chi connectivity index (χ2v) is 5.87. The molecule has 0 bridgehead atoms. The van der Waals surface area contributed by atoms with E-state index in [0.29, 0.717) is 12.5 Å². The van der Waals surface area contributed by atoms with Crippen LogP contribution in [0.1, 0.15) is 19.8 Å². The molecule has 1 aromatic carbocycles. The number of benzene rings is 1. The van der Waals surface area contributed by atoms with Gasteiger partial charge in [0.25, 0.3) is 0 Å². The van der Waals surface area contributed by atoms with Crippen molar-refractivity contribution in [2.45, 2.75) is 24.7 Å². The number of nitrogens with zero attached hydrogens (tertiary/aromatic N) is 1. The van der Waals surface area contributed by atoms with Crippen LogP contribution in [-0.4, -0.2) is 26.3 Å². The molecule has 0 aliphatic rings. The predicted molar refractivity (Wildman–Crippen MR) is 61.0 cm³/mol. The fraction of sp³-hybridized carbons (Fsp3) is 0.455. The molecule has 102 valence electrons. The normalized spacial score (nSPS) is 12.1. The van der Waals surface area contributed by atoms with Gasteiger partial charge in [0.1, 0.15) is 4.90 Å². The summed E-state index contributed by atoms with van der Waals surface area (Å²) in [6, 6.07) is 1.32. The van der Waals surface area contributed by atoms with Crippen LogP contribution >= 0.6 is 0 Å². The van der Waals surface area contributed by atoms with Gasteiger partial charge in [-0.2, -0.15) is 0 Å². The molecular formula is C11H14F3NO2S. The maximum absolute atomic E-state index is 13.4. The molecule has 0 aliphatic heterocycles. The first-order valence-corrected chi connectivity index (χ1v) is 6.86. The Kier molecular flexibility index (Phi) is 4.75. The Hall–Kier alpha value is -1.08. The van der Waals surface area contributed by atoms with Crippen molar-refractivity contribution >= 4 is 10.0 Å². The maximum atomic E-state index is 13.4. The Morgan fingerprint density at radius 3 is 2.33 bits per heavy atom. The van der Waals surface area contributed by atoms with Crippen molar-refractivity contribution in [3.63, 3.8) is 0 Å². The average Bonchev–Trinajstić information content (AvgIpc) is 2.32. The molecule has 0 spiro atoms. The lowest BCUT2D eigenvalue weighted by Gasteiger charge is -2.17. The van der Waals surface area contributed by atoms with Crippen LogP contribution in [0.3, 0.4) is 0 Å². The summed E-state index contributed by atoms with van der Waals surface area (Å²) in [5, 5.41) is 0. The summed E-state index contributed by atoms with van der Waals surface area (Å²) >= 11 is 0. The summed E-state index contributed by atoms with van der Waals surface area (Å²) in [6.07, 6.45) is 1.36. The fourth-order valence-corrected chi connectivity index (χ4v) is 2.64. The maximum Gasteiger partial charge on any atom is 0.245 e. The van der Waals surface area contributed by atoms with Crippen molar-refractivity contribution in [2.75, 3.05) is 13.6 Å². The van der Waals surface area contributed by atoms with E-state index in [4.69, 9.17) is 0 Å². The van der Waals surface area contributed by atoms with Gasteiger partial charge in [-0.3, -0.25) is 0 Å². The first-order valence-electron chi connectivity index (χ1n) is 5.42.